The molecule has 0 bridgehead atoms. The van der Waals surface area contributed by atoms with Gasteiger partial charge in [-0.1, -0.05) is 48.4 Å². The number of likely N-dealkylation sites (tertiary alicyclic amines) is 1. The average molecular weight is 268 g/mol. The monoisotopic (exact) mass is 268 g/mol. The molecule has 2 rings (SSSR count). The maximum atomic E-state index is 5.11. The molecule has 3 nitrogen and oxygen atoms in total. The second kappa shape index (κ2) is 10.4. The Labute approximate surface area is 135 Å². The van der Waals surface area contributed by atoms with Gasteiger partial charge >= 0.3 is 18.9 Å². The number of benzene rings is 1. The summed E-state index contributed by atoms with van der Waals surface area (Å²) in [7, 11) is 1.73. The van der Waals surface area contributed by atoms with Crippen molar-refractivity contribution in [1.82, 2.24) is 4.90 Å². The Hall–Kier alpha value is -0.303. The van der Waals surface area contributed by atoms with Crippen LogP contribution >= 0.6 is 0 Å². The summed E-state index contributed by atoms with van der Waals surface area (Å²) in [5.74, 6) is 0. The summed E-state index contributed by atoms with van der Waals surface area (Å²) < 4.78 is 5.11. The molecule has 1 aromatic rings. The Morgan fingerprint density at radius 1 is 1.15 bits per heavy atom. The van der Waals surface area contributed by atoms with E-state index in [0.717, 1.165) is 13.1 Å². The third-order valence-electron chi connectivity index (χ3n) is 3.71. The Kier molecular flexibility index (Phi) is 9.25. The molecule has 0 saturated carbocycles. The molecule has 0 N–H and O–H groups in total. The van der Waals surface area contributed by atoms with Crippen molar-refractivity contribution in [3.63, 3.8) is 0 Å². The van der Waals surface area contributed by atoms with E-state index in [9.17, 15) is 0 Å². The summed E-state index contributed by atoms with van der Waals surface area (Å²) in [4.78, 5) is 2.55. The predicted molar refractivity (Wildman–Crippen MR) is 79.6 cm³/mol. The number of ether oxygens (including phenoxy) is 1. The minimum Gasteiger partial charge on any atom is -0.653 e. The first-order valence-corrected chi connectivity index (χ1v) is 7.33. The van der Waals surface area contributed by atoms with Crippen LogP contribution in [-0.4, -0.2) is 44.8 Å². The fourth-order valence-electron chi connectivity index (χ4n) is 2.63. The first-order valence-electron chi connectivity index (χ1n) is 7.33. The number of nitrogens with zero attached hydrogens (tertiary/aromatic N) is 2. The van der Waals surface area contributed by atoms with E-state index in [1.54, 1.807) is 7.11 Å². The molecule has 0 aliphatic carbocycles. The Balaban J connectivity index is 0.00000200. The zero-order valence-corrected chi connectivity index (χ0v) is 12.9. The van der Waals surface area contributed by atoms with Crippen molar-refractivity contribution < 1.29 is 23.6 Å². The van der Waals surface area contributed by atoms with Gasteiger partial charge in [-0.2, -0.15) is 0 Å². The van der Waals surface area contributed by atoms with Crippen molar-refractivity contribution >= 4 is 0 Å². The van der Waals surface area contributed by atoms with Crippen LogP contribution in [0.3, 0.4) is 0 Å². The largest absolute Gasteiger partial charge is 1.00 e. The summed E-state index contributed by atoms with van der Waals surface area (Å²) >= 11 is 0. The maximum Gasteiger partial charge on any atom is 1.00 e. The molecule has 106 valence electrons. The third kappa shape index (κ3) is 5.99. The molecule has 1 aromatic carbocycles. The van der Waals surface area contributed by atoms with Gasteiger partial charge in [0.15, 0.2) is 0 Å². The molecule has 0 radical (unpaired) electrons. The second-order valence-corrected chi connectivity index (χ2v) is 5.19. The zero-order chi connectivity index (χ0) is 13.3. The molecule has 1 saturated heterocycles. The molecular weight excluding hydrogens is 243 g/mol. The average Bonchev–Trinajstić information content (AvgIpc) is 2.48. The van der Waals surface area contributed by atoms with Crippen LogP contribution < -0.4 is 18.9 Å². The quantitative estimate of drug-likeness (QED) is 0.523. The van der Waals surface area contributed by atoms with Crippen LogP contribution in [0.25, 0.3) is 5.32 Å². The van der Waals surface area contributed by atoms with Gasteiger partial charge in [0.2, 0.25) is 0 Å². The zero-order valence-electron chi connectivity index (χ0n) is 12.9. The van der Waals surface area contributed by atoms with Crippen LogP contribution in [-0.2, 0) is 4.74 Å². The molecule has 1 atom stereocenters. The topological polar surface area (TPSA) is 26.6 Å². The molecular formula is C16H25LiN2O. The van der Waals surface area contributed by atoms with Crippen LogP contribution in [0.15, 0.2) is 30.3 Å². The van der Waals surface area contributed by atoms with Gasteiger partial charge in [0, 0.05) is 13.7 Å². The smallest absolute Gasteiger partial charge is 0.653 e. The first kappa shape index (κ1) is 17.7. The van der Waals surface area contributed by atoms with Crippen molar-refractivity contribution in [3.05, 3.63) is 41.2 Å². The SMILES string of the molecule is COCC[N-][C@@H](CN1CCCCC1)c1ccccc1.[Li+]. The number of piperidine rings is 1. The summed E-state index contributed by atoms with van der Waals surface area (Å²) in [6.45, 7) is 4.99. The Morgan fingerprint density at radius 3 is 2.50 bits per heavy atom. The summed E-state index contributed by atoms with van der Waals surface area (Å²) in [5.41, 5.74) is 1.32. The molecule has 0 spiro atoms. The number of hydrogen-bond donors (Lipinski definition) is 0. The molecule has 1 heterocycles. The van der Waals surface area contributed by atoms with Crippen molar-refractivity contribution in [1.29, 1.82) is 0 Å². The van der Waals surface area contributed by atoms with Gasteiger partial charge in [0.25, 0.3) is 0 Å². The van der Waals surface area contributed by atoms with Crippen LogP contribution in [0.4, 0.5) is 0 Å². The third-order valence-corrected chi connectivity index (χ3v) is 3.71. The van der Waals surface area contributed by atoms with E-state index in [4.69, 9.17) is 10.1 Å². The standard InChI is InChI=1S/C16H25N2O.Li/c1-19-13-10-17-16(15-8-4-2-5-9-15)14-18-11-6-3-7-12-18;/h2,4-5,8-9,16H,3,6-7,10-14H2,1H3;/q-1;+1/t16-;/m0./s1. The summed E-state index contributed by atoms with van der Waals surface area (Å²) in [6.07, 6.45) is 4.05. The van der Waals surface area contributed by atoms with E-state index in [1.165, 1.54) is 37.9 Å². The summed E-state index contributed by atoms with van der Waals surface area (Å²) in [5, 5.41) is 4.81. The van der Waals surface area contributed by atoms with Gasteiger partial charge in [-0.05, 0) is 32.5 Å². The molecule has 1 fully saturated rings. The van der Waals surface area contributed by atoms with Crippen LogP contribution in [0, 0.1) is 0 Å². The fraction of sp³-hybridized carbons (Fsp3) is 0.625. The molecule has 1 aliphatic rings. The van der Waals surface area contributed by atoms with Gasteiger partial charge in [0.1, 0.15) is 0 Å². The van der Waals surface area contributed by atoms with Gasteiger partial charge in [-0.15, -0.1) is 6.54 Å². The van der Waals surface area contributed by atoms with Crippen molar-refractivity contribution in [2.24, 2.45) is 0 Å². The van der Waals surface area contributed by atoms with Crippen molar-refractivity contribution in [2.45, 2.75) is 25.3 Å². The van der Waals surface area contributed by atoms with Crippen LogP contribution in [0.1, 0.15) is 30.9 Å². The molecule has 1 aliphatic heterocycles. The van der Waals surface area contributed by atoms with Crippen LogP contribution in [0.2, 0.25) is 0 Å². The van der Waals surface area contributed by atoms with Gasteiger partial charge in [0.05, 0.1) is 0 Å². The minimum atomic E-state index is 0. The van der Waals surface area contributed by atoms with Crippen molar-refractivity contribution in [3.8, 4) is 0 Å². The normalized spacial score (nSPS) is 17.4. The van der Waals surface area contributed by atoms with E-state index < -0.39 is 0 Å². The van der Waals surface area contributed by atoms with E-state index in [-0.39, 0.29) is 24.9 Å². The van der Waals surface area contributed by atoms with E-state index in [2.05, 4.69) is 35.2 Å². The van der Waals surface area contributed by atoms with Crippen molar-refractivity contribution in [2.75, 3.05) is 39.9 Å². The van der Waals surface area contributed by atoms with Crippen LogP contribution in [0.5, 0.6) is 0 Å². The van der Waals surface area contributed by atoms with Gasteiger partial charge in [-0.3, -0.25) is 0 Å². The number of methoxy groups -OCH3 is 1. The Morgan fingerprint density at radius 2 is 1.85 bits per heavy atom. The van der Waals surface area contributed by atoms with E-state index in [0.29, 0.717) is 6.61 Å². The minimum absolute atomic E-state index is 0. The maximum absolute atomic E-state index is 5.11. The Bertz CT molecular complexity index is 342. The molecule has 0 unspecified atom stereocenters. The molecule has 0 aromatic heterocycles. The summed E-state index contributed by atoms with van der Waals surface area (Å²) in [6, 6.07) is 10.9. The second-order valence-electron chi connectivity index (χ2n) is 5.19. The number of rotatable bonds is 7. The fourth-order valence-corrected chi connectivity index (χ4v) is 2.63. The van der Waals surface area contributed by atoms with E-state index in [1.807, 2.05) is 0 Å². The molecule has 0 amide bonds. The predicted octanol–water partition coefficient (Wildman–Crippen LogP) is 0.238. The number of hydrogen-bond acceptors (Lipinski definition) is 2. The van der Waals surface area contributed by atoms with E-state index >= 15 is 0 Å². The molecule has 20 heavy (non-hydrogen) atoms. The van der Waals surface area contributed by atoms with Gasteiger partial charge in [-0.25, -0.2) is 0 Å². The van der Waals surface area contributed by atoms with Gasteiger partial charge < -0.3 is 15.0 Å². The molecule has 4 heteroatoms. The first-order chi connectivity index (χ1) is 9.40.